The molecule has 4 N–H and O–H groups in total. The Morgan fingerprint density at radius 3 is 3.00 bits per heavy atom. The van der Waals surface area contributed by atoms with Crippen molar-refractivity contribution >= 4 is 15.7 Å². The van der Waals surface area contributed by atoms with Crippen molar-refractivity contribution in [3.05, 3.63) is 18.5 Å². The second-order valence-electron chi connectivity index (χ2n) is 4.65. The lowest BCUT2D eigenvalue weighted by atomic mass is 10.0. The van der Waals surface area contributed by atoms with Gasteiger partial charge < -0.3 is 10.5 Å². The second kappa shape index (κ2) is 5.41. The van der Waals surface area contributed by atoms with Gasteiger partial charge in [0.25, 0.3) is 0 Å². The van der Waals surface area contributed by atoms with Gasteiger partial charge in [-0.2, -0.15) is 4.31 Å². The van der Waals surface area contributed by atoms with Crippen LogP contribution in [0.3, 0.4) is 0 Å². The fourth-order valence-electron chi connectivity index (χ4n) is 2.37. The Bertz CT molecular complexity index is 549. The van der Waals surface area contributed by atoms with Gasteiger partial charge in [0.2, 0.25) is 10.0 Å². The third-order valence-electron chi connectivity index (χ3n) is 3.55. The number of aromatic nitrogens is 1. The number of nitrogen functional groups attached to an aromatic ring is 1. The molecule has 1 aromatic heterocycles. The Morgan fingerprint density at radius 2 is 2.37 bits per heavy atom. The topological polar surface area (TPSA) is 109 Å². The second-order valence-corrected chi connectivity index (χ2v) is 6.51. The van der Waals surface area contributed by atoms with Crippen LogP contribution in [0.15, 0.2) is 23.4 Å². The summed E-state index contributed by atoms with van der Waals surface area (Å²) in [6.45, 7) is 2.14. The van der Waals surface area contributed by atoms with E-state index in [4.69, 9.17) is 5.84 Å². The molecular weight excluding hydrogens is 268 g/mol. The van der Waals surface area contributed by atoms with E-state index in [1.807, 2.05) is 6.92 Å². The smallest absolute Gasteiger partial charge is 0.247 e. The van der Waals surface area contributed by atoms with E-state index in [1.165, 1.54) is 22.8 Å². The Balaban J connectivity index is 2.43. The zero-order valence-electron chi connectivity index (χ0n) is 10.7. The molecule has 8 heteroatoms. The van der Waals surface area contributed by atoms with Gasteiger partial charge in [0.1, 0.15) is 4.90 Å². The van der Waals surface area contributed by atoms with Crippen LogP contribution in [0.1, 0.15) is 13.3 Å². The van der Waals surface area contributed by atoms with Crippen LogP contribution in [0.4, 0.5) is 5.69 Å². The minimum absolute atomic E-state index is 0.0325. The fourth-order valence-corrected chi connectivity index (χ4v) is 4.20. The predicted octanol–water partition coefficient (Wildman–Crippen LogP) is -0.241. The Labute approximate surface area is 112 Å². The molecule has 7 nitrogen and oxygen atoms in total. The summed E-state index contributed by atoms with van der Waals surface area (Å²) in [7, 11) is -3.71. The van der Waals surface area contributed by atoms with Gasteiger partial charge in [-0.1, -0.05) is 6.92 Å². The van der Waals surface area contributed by atoms with Gasteiger partial charge in [-0.15, -0.1) is 0 Å². The number of anilines is 1. The molecule has 0 amide bonds. The quantitative estimate of drug-likeness (QED) is 0.520. The van der Waals surface area contributed by atoms with E-state index >= 15 is 0 Å². The molecule has 2 rings (SSSR count). The van der Waals surface area contributed by atoms with Crippen LogP contribution in [-0.2, 0) is 10.0 Å². The molecule has 1 aliphatic heterocycles. The van der Waals surface area contributed by atoms with Crippen LogP contribution in [0.5, 0.6) is 0 Å². The first-order chi connectivity index (χ1) is 9.02. The molecule has 2 unspecified atom stereocenters. The maximum Gasteiger partial charge on any atom is 0.247 e. The highest BCUT2D eigenvalue weighted by molar-refractivity contribution is 7.89. The lowest BCUT2D eigenvalue weighted by Gasteiger charge is -2.25. The molecule has 1 aromatic rings. The predicted molar refractivity (Wildman–Crippen MR) is 70.6 cm³/mol. The Hall–Kier alpha value is -1.22. The molecular formula is C11H18N4O3S. The number of hydrogen-bond acceptors (Lipinski definition) is 6. The van der Waals surface area contributed by atoms with Gasteiger partial charge in [0.05, 0.1) is 18.3 Å². The zero-order valence-corrected chi connectivity index (χ0v) is 11.5. The molecule has 0 bridgehead atoms. The van der Waals surface area contributed by atoms with Gasteiger partial charge in [0, 0.05) is 18.9 Å². The molecule has 0 spiro atoms. The molecule has 0 saturated carbocycles. The van der Waals surface area contributed by atoms with Crippen LogP contribution < -0.4 is 11.3 Å². The van der Waals surface area contributed by atoms with Gasteiger partial charge in [-0.25, -0.2) is 8.42 Å². The molecule has 1 aliphatic rings. The summed E-state index contributed by atoms with van der Waals surface area (Å²) in [6.07, 6.45) is 3.46. The van der Waals surface area contributed by atoms with Crippen LogP contribution in [0, 0.1) is 5.92 Å². The number of nitrogens with one attached hydrogen (secondary N) is 1. The summed E-state index contributed by atoms with van der Waals surface area (Å²) in [5, 5.41) is 9.38. The van der Waals surface area contributed by atoms with Crippen molar-refractivity contribution in [1.29, 1.82) is 0 Å². The standard InChI is InChI=1S/C11H18N4O3S/c1-8-3-5-15(10(8)7-16)19(17,18)11-6-13-4-2-9(11)14-12/h2,4,6,8,10,16H,3,5,7,12H2,1H3,(H,13,14). The summed E-state index contributed by atoms with van der Waals surface area (Å²) < 4.78 is 26.5. The molecule has 2 heterocycles. The fraction of sp³-hybridized carbons (Fsp3) is 0.545. The minimum Gasteiger partial charge on any atom is -0.395 e. The van der Waals surface area contributed by atoms with Gasteiger partial charge in [0.15, 0.2) is 0 Å². The maximum atomic E-state index is 12.6. The van der Waals surface area contributed by atoms with Crippen LogP contribution >= 0.6 is 0 Å². The number of aliphatic hydroxyl groups excluding tert-OH is 1. The van der Waals surface area contributed by atoms with E-state index in [0.717, 1.165) is 6.42 Å². The number of hydrogen-bond donors (Lipinski definition) is 3. The van der Waals surface area contributed by atoms with Crippen molar-refractivity contribution in [3.63, 3.8) is 0 Å². The van der Waals surface area contributed by atoms with Crippen molar-refractivity contribution in [2.75, 3.05) is 18.6 Å². The van der Waals surface area contributed by atoms with E-state index in [9.17, 15) is 13.5 Å². The van der Waals surface area contributed by atoms with Crippen molar-refractivity contribution in [2.45, 2.75) is 24.3 Å². The van der Waals surface area contributed by atoms with Crippen molar-refractivity contribution < 1.29 is 13.5 Å². The normalized spacial score (nSPS) is 24.6. The minimum atomic E-state index is -3.71. The number of hydrazine groups is 1. The van der Waals surface area contributed by atoms with Crippen molar-refractivity contribution in [2.24, 2.45) is 11.8 Å². The lowest BCUT2D eigenvalue weighted by Crippen LogP contribution is -2.40. The summed E-state index contributed by atoms with van der Waals surface area (Å²) in [6, 6.07) is 1.11. The highest BCUT2D eigenvalue weighted by Gasteiger charge is 2.40. The van der Waals surface area contributed by atoms with Crippen LogP contribution in [0.2, 0.25) is 0 Å². The van der Waals surface area contributed by atoms with Crippen molar-refractivity contribution in [3.8, 4) is 0 Å². The molecule has 0 radical (unpaired) electrons. The Kier molecular flexibility index (Phi) is 4.04. The first-order valence-electron chi connectivity index (χ1n) is 6.05. The summed E-state index contributed by atoms with van der Waals surface area (Å²) in [5.74, 6) is 5.46. The number of sulfonamides is 1. The highest BCUT2D eigenvalue weighted by Crippen LogP contribution is 2.31. The number of nitrogens with zero attached hydrogens (tertiary/aromatic N) is 2. The molecule has 1 fully saturated rings. The molecule has 19 heavy (non-hydrogen) atoms. The van der Waals surface area contributed by atoms with E-state index in [1.54, 1.807) is 0 Å². The van der Waals surface area contributed by atoms with E-state index in [2.05, 4.69) is 10.4 Å². The van der Waals surface area contributed by atoms with Gasteiger partial charge in [-0.05, 0) is 18.4 Å². The first-order valence-corrected chi connectivity index (χ1v) is 7.49. The molecule has 0 aliphatic carbocycles. The average molecular weight is 286 g/mol. The molecule has 2 atom stereocenters. The monoisotopic (exact) mass is 286 g/mol. The molecule has 106 valence electrons. The van der Waals surface area contributed by atoms with Gasteiger partial charge >= 0.3 is 0 Å². The third kappa shape index (κ3) is 2.44. The molecule has 1 saturated heterocycles. The van der Waals surface area contributed by atoms with Gasteiger partial charge in [-0.3, -0.25) is 10.8 Å². The number of pyridine rings is 1. The maximum absolute atomic E-state index is 12.6. The van der Waals surface area contributed by atoms with Crippen LogP contribution in [0.25, 0.3) is 0 Å². The number of aliphatic hydroxyl groups is 1. The average Bonchev–Trinajstić information content (AvgIpc) is 2.80. The lowest BCUT2D eigenvalue weighted by molar-refractivity contribution is 0.191. The Morgan fingerprint density at radius 1 is 1.63 bits per heavy atom. The van der Waals surface area contributed by atoms with E-state index < -0.39 is 16.1 Å². The summed E-state index contributed by atoms with van der Waals surface area (Å²) >= 11 is 0. The molecule has 0 aromatic carbocycles. The zero-order chi connectivity index (χ0) is 14.0. The van der Waals surface area contributed by atoms with Crippen molar-refractivity contribution in [1.82, 2.24) is 9.29 Å². The number of nitrogens with two attached hydrogens (primary N) is 1. The van der Waals surface area contributed by atoms with E-state index in [-0.39, 0.29) is 17.4 Å². The van der Waals surface area contributed by atoms with Crippen LogP contribution in [-0.4, -0.2) is 42.0 Å². The highest BCUT2D eigenvalue weighted by atomic mass is 32.2. The number of rotatable bonds is 4. The third-order valence-corrected chi connectivity index (χ3v) is 5.50. The first kappa shape index (κ1) is 14.2. The summed E-state index contributed by atoms with van der Waals surface area (Å²) in [4.78, 5) is 3.87. The van der Waals surface area contributed by atoms with E-state index in [0.29, 0.717) is 12.2 Å². The summed E-state index contributed by atoms with van der Waals surface area (Å²) in [5.41, 5.74) is 2.66. The largest absolute Gasteiger partial charge is 0.395 e. The SMILES string of the molecule is CC1CCN(S(=O)(=O)c2cnccc2NN)C1CO.